The van der Waals surface area contributed by atoms with E-state index in [0.717, 1.165) is 54.8 Å². The molecular formula is C23H31N3O4. The van der Waals surface area contributed by atoms with Crippen molar-refractivity contribution in [2.24, 2.45) is 5.92 Å². The normalized spacial score (nSPS) is 25.0. The number of nitrogens with zero attached hydrogens (tertiary/aromatic N) is 1. The molecule has 162 valence electrons. The molecule has 0 saturated heterocycles. The summed E-state index contributed by atoms with van der Waals surface area (Å²) in [6.07, 6.45) is 8.88. The lowest BCUT2D eigenvalue weighted by Crippen LogP contribution is -2.41. The number of carbonyl (C=O) groups is 1. The standard InChI is InChI=1S/C23H31N3O4/c1-23(2,3)30-22(27)25-15-7-5-14(6-8-15)11-16-12-17-19(29-16)13-24-18-9-10-20(28-4)26-21(17)18/h9-10,12-16,24H,5-8,11H2,1-4H3,(H,25,27)/t14-,15-,16?. The summed E-state index contributed by atoms with van der Waals surface area (Å²) in [5.74, 6) is 2.01. The maximum Gasteiger partial charge on any atom is 0.407 e. The highest BCUT2D eigenvalue weighted by Gasteiger charge is 2.32. The third-order valence-corrected chi connectivity index (χ3v) is 5.72. The summed E-state index contributed by atoms with van der Waals surface area (Å²) in [6.45, 7) is 5.64. The molecule has 2 N–H and O–H groups in total. The Kier molecular flexibility index (Phi) is 5.62. The van der Waals surface area contributed by atoms with Crippen molar-refractivity contribution in [3.05, 3.63) is 35.9 Å². The first-order chi connectivity index (χ1) is 14.3. The van der Waals surface area contributed by atoms with Gasteiger partial charge in [-0.1, -0.05) is 0 Å². The second-order valence-electron chi connectivity index (χ2n) is 9.24. The molecule has 2 aliphatic heterocycles. The molecule has 1 aromatic rings. The summed E-state index contributed by atoms with van der Waals surface area (Å²) < 4.78 is 16.8. The number of nitrogens with one attached hydrogen (secondary N) is 2. The van der Waals surface area contributed by atoms with E-state index in [-0.39, 0.29) is 18.2 Å². The molecule has 3 aliphatic rings. The molecule has 7 heteroatoms. The number of methoxy groups -OCH3 is 1. The van der Waals surface area contributed by atoms with Gasteiger partial charge in [-0.15, -0.1) is 0 Å². The van der Waals surface area contributed by atoms with Crippen LogP contribution < -0.4 is 15.4 Å². The Morgan fingerprint density at radius 1 is 1.27 bits per heavy atom. The molecular weight excluding hydrogens is 382 g/mol. The highest BCUT2D eigenvalue weighted by Crippen LogP contribution is 2.41. The zero-order valence-corrected chi connectivity index (χ0v) is 18.2. The maximum atomic E-state index is 12.0. The summed E-state index contributed by atoms with van der Waals surface area (Å²) in [5, 5.41) is 6.26. The van der Waals surface area contributed by atoms with Crippen LogP contribution in [0.3, 0.4) is 0 Å². The van der Waals surface area contributed by atoms with Crippen molar-refractivity contribution >= 4 is 17.4 Å². The number of hydrogen-bond donors (Lipinski definition) is 2. The summed E-state index contributed by atoms with van der Waals surface area (Å²) in [5.41, 5.74) is 2.41. The highest BCUT2D eigenvalue weighted by atomic mass is 16.6. The zero-order valence-electron chi connectivity index (χ0n) is 18.2. The van der Waals surface area contributed by atoms with E-state index in [0.29, 0.717) is 11.8 Å². The van der Waals surface area contributed by atoms with Gasteiger partial charge in [0.1, 0.15) is 23.2 Å². The number of anilines is 1. The van der Waals surface area contributed by atoms with Gasteiger partial charge in [0, 0.05) is 23.9 Å². The van der Waals surface area contributed by atoms with Gasteiger partial charge in [-0.2, -0.15) is 0 Å². The van der Waals surface area contributed by atoms with Gasteiger partial charge in [0.15, 0.2) is 0 Å². The zero-order chi connectivity index (χ0) is 21.3. The van der Waals surface area contributed by atoms with Crippen molar-refractivity contribution in [2.45, 2.75) is 70.6 Å². The van der Waals surface area contributed by atoms with Gasteiger partial charge in [0.2, 0.25) is 5.88 Å². The third-order valence-electron chi connectivity index (χ3n) is 5.72. The Bertz CT molecular complexity index is 864. The fourth-order valence-corrected chi connectivity index (χ4v) is 4.32. The van der Waals surface area contributed by atoms with Gasteiger partial charge in [-0.25, -0.2) is 9.78 Å². The van der Waals surface area contributed by atoms with Gasteiger partial charge in [0.05, 0.1) is 12.8 Å². The van der Waals surface area contributed by atoms with Crippen LogP contribution in [-0.4, -0.2) is 35.9 Å². The van der Waals surface area contributed by atoms with Gasteiger partial charge >= 0.3 is 6.09 Å². The molecule has 1 atom stereocenters. The Morgan fingerprint density at radius 3 is 2.73 bits per heavy atom. The van der Waals surface area contributed by atoms with Crippen molar-refractivity contribution in [1.29, 1.82) is 0 Å². The first-order valence-corrected chi connectivity index (χ1v) is 10.7. The van der Waals surface area contributed by atoms with Gasteiger partial charge in [-0.05, 0) is 70.9 Å². The fraction of sp³-hybridized carbons (Fsp3) is 0.565. The molecule has 1 unspecified atom stereocenters. The van der Waals surface area contributed by atoms with Crippen LogP contribution in [0, 0.1) is 5.92 Å². The number of rotatable bonds is 4. The van der Waals surface area contributed by atoms with E-state index in [2.05, 4.69) is 21.7 Å². The average Bonchev–Trinajstić information content (AvgIpc) is 3.10. The Balaban J connectivity index is 1.31. The molecule has 0 aromatic carbocycles. The Morgan fingerprint density at radius 2 is 2.03 bits per heavy atom. The van der Waals surface area contributed by atoms with E-state index in [1.807, 2.05) is 39.1 Å². The van der Waals surface area contributed by atoms with E-state index in [4.69, 9.17) is 14.2 Å². The van der Waals surface area contributed by atoms with Crippen molar-refractivity contribution in [1.82, 2.24) is 10.3 Å². The fourth-order valence-electron chi connectivity index (χ4n) is 4.32. The minimum atomic E-state index is -0.466. The minimum Gasteiger partial charge on any atom is -0.484 e. The van der Waals surface area contributed by atoms with Crippen LogP contribution in [0.1, 0.15) is 58.6 Å². The first kappa shape index (κ1) is 20.6. The molecule has 0 radical (unpaired) electrons. The van der Waals surface area contributed by atoms with Crippen LogP contribution in [0.5, 0.6) is 5.88 Å². The Hall–Kier alpha value is -2.70. The molecule has 3 heterocycles. The van der Waals surface area contributed by atoms with Crippen molar-refractivity contribution in [3.8, 4) is 5.88 Å². The number of hydrogen-bond acceptors (Lipinski definition) is 6. The highest BCUT2D eigenvalue weighted by molar-refractivity contribution is 5.87. The number of aromatic nitrogens is 1. The smallest absolute Gasteiger partial charge is 0.407 e. The van der Waals surface area contributed by atoms with E-state index in [1.54, 1.807) is 7.11 Å². The molecule has 7 nitrogen and oxygen atoms in total. The molecule has 1 fully saturated rings. The predicted molar refractivity (Wildman–Crippen MR) is 115 cm³/mol. The van der Waals surface area contributed by atoms with E-state index in [9.17, 15) is 4.79 Å². The molecule has 0 spiro atoms. The number of fused-ring (bicyclic) bond motifs is 3. The van der Waals surface area contributed by atoms with Crippen molar-refractivity contribution < 1.29 is 19.0 Å². The molecule has 1 amide bonds. The quantitative estimate of drug-likeness (QED) is 0.750. The van der Waals surface area contributed by atoms with E-state index >= 15 is 0 Å². The Labute approximate surface area is 177 Å². The van der Waals surface area contributed by atoms with Gasteiger partial charge in [-0.3, -0.25) is 0 Å². The SMILES string of the molecule is COc1ccc2c(n1)C1=CC(C[C@H]3CC[C@H](NC(=O)OC(C)(C)C)CC3)OC1=CN2. The van der Waals surface area contributed by atoms with Crippen LogP contribution in [-0.2, 0) is 9.47 Å². The molecule has 1 aliphatic carbocycles. The van der Waals surface area contributed by atoms with Gasteiger partial charge < -0.3 is 24.8 Å². The van der Waals surface area contributed by atoms with Crippen LogP contribution in [0.25, 0.3) is 5.57 Å². The lowest BCUT2D eigenvalue weighted by molar-refractivity contribution is 0.0482. The average molecular weight is 414 g/mol. The summed E-state index contributed by atoms with van der Waals surface area (Å²) in [7, 11) is 1.62. The second-order valence-corrected chi connectivity index (χ2v) is 9.24. The molecule has 4 rings (SSSR count). The number of pyridine rings is 1. The number of amides is 1. The first-order valence-electron chi connectivity index (χ1n) is 10.7. The third kappa shape index (κ3) is 4.71. The molecule has 1 aromatic heterocycles. The summed E-state index contributed by atoms with van der Waals surface area (Å²) in [4.78, 5) is 16.6. The largest absolute Gasteiger partial charge is 0.484 e. The summed E-state index contributed by atoms with van der Waals surface area (Å²) in [6, 6.07) is 4.01. The van der Waals surface area contributed by atoms with E-state index in [1.165, 1.54) is 0 Å². The topological polar surface area (TPSA) is 81.7 Å². The van der Waals surface area contributed by atoms with Crippen molar-refractivity contribution in [2.75, 3.05) is 12.4 Å². The monoisotopic (exact) mass is 413 g/mol. The lowest BCUT2D eigenvalue weighted by Gasteiger charge is -2.31. The van der Waals surface area contributed by atoms with Crippen molar-refractivity contribution in [3.63, 3.8) is 0 Å². The minimum absolute atomic E-state index is 0.0485. The molecule has 0 bridgehead atoms. The van der Waals surface area contributed by atoms with Crippen LogP contribution in [0.4, 0.5) is 10.5 Å². The van der Waals surface area contributed by atoms with Gasteiger partial charge in [0.25, 0.3) is 0 Å². The number of allylic oxidation sites excluding steroid dienone is 1. The number of ether oxygens (including phenoxy) is 3. The molecule has 30 heavy (non-hydrogen) atoms. The number of alkyl carbamates (subject to hydrolysis) is 1. The second kappa shape index (κ2) is 8.20. The van der Waals surface area contributed by atoms with Crippen LogP contribution in [0.2, 0.25) is 0 Å². The predicted octanol–water partition coefficient (Wildman–Crippen LogP) is 4.61. The van der Waals surface area contributed by atoms with Crippen LogP contribution >= 0.6 is 0 Å². The molecule has 1 saturated carbocycles. The van der Waals surface area contributed by atoms with E-state index < -0.39 is 5.60 Å². The van der Waals surface area contributed by atoms with Crippen LogP contribution in [0.15, 0.2) is 30.2 Å². The maximum absolute atomic E-state index is 12.0. The summed E-state index contributed by atoms with van der Waals surface area (Å²) >= 11 is 0. The number of carbonyl (C=O) groups excluding carboxylic acids is 1. The lowest BCUT2D eigenvalue weighted by atomic mass is 9.83.